The standard InChI is InChI=1S/C11H17NO2/c1-9(7-12-2)14-11-5-3-10(8-13)4-6-11/h3-6,9,12-13H,7-8H2,1-2H3. The summed E-state index contributed by atoms with van der Waals surface area (Å²) < 4.78 is 5.61. The van der Waals surface area contributed by atoms with E-state index in [0.717, 1.165) is 17.9 Å². The molecule has 0 radical (unpaired) electrons. The van der Waals surface area contributed by atoms with Gasteiger partial charge in [0.1, 0.15) is 11.9 Å². The van der Waals surface area contributed by atoms with Crippen LogP contribution in [0, 0.1) is 0 Å². The lowest BCUT2D eigenvalue weighted by atomic mass is 10.2. The van der Waals surface area contributed by atoms with Crippen molar-refractivity contribution in [2.24, 2.45) is 0 Å². The number of benzene rings is 1. The lowest BCUT2D eigenvalue weighted by Gasteiger charge is -2.14. The van der Waals surface area contributed by atoms with Crippen molar-refractivity contribution in [2.45, 2.75) is 19.6 Å². The topological polar surface area (TPSA) is 41.5 Å². The van der Waals surface area contributed by atoms with Crippen molar-refractivity contribution < 1.29 is 9.84 Å². The van der Waals surface area contributed by atoms with Crippen molar-refractivity contribution in [3.05, 3.63) is 29.8 Å². The molecule has 0 saturated heterocycles. The summed E-state index contributed by atoms with van der Waals surface area (Å²) in [4.78, 5) is 0. The van der Waals surface area contributed by atoms with Crippen LogP contribution in [0.15, 0.2) is 24.3 Å². The summed E-state index contributed by atoms with van der Waals surface area (Å²) in [7, 11) is 1.90. The normalized spacial score (nSPS) is 12.5. The van der Waals surface area contributed by atoms with Gasteiger partial charge in [0.25, 0.3) is 0 Å². The molecule has 1 aromatic carbocycles. The van der Waals surface area contributed by atoms with E-state index in [1.165, 1.54) is 0 Å². The van der Waals surface area contributed by atoms with Crippen molar-refractivity contribution in [1.29, 1.82) is 0 Å². The van der Waals surface area contributed by atoms with Crippen LogP contribution < -0.4 is 10.1 Å². The molecule has 0 aliphatic heterocycles. The summed E-state index contributed by atoms with van der Waals surface area (Å²) in [5.74, 6) is 0.838. The van der Waals surface area contributed by atoms with Crippen molar-refractivity contribution in [3.63, 3.8) is 0 Å². The maximum Gasteiger partial charge on any atom is 0.119 e. The molecule has 3 nitrogen and oxygen atoms in total. The fourth-order valence-corrected chi connectivity index (χ4v) is 1.23. The molecule has 0 aromatic heterocycles. The first kappa shape index (κ1) is 11.0. The zero-order chi connectivity index (χ0) is 10.4. The summed E-state index contributed by atoms with van der Waals surface area (Å²) >= 11 is 0. The van der Waals surface area contributed by atoms with E-state index in [4.69, 9.17) is 9.84 Å². The van der Waals surface area contributed by atoms with Gasteiger partial charge < -0.3 is 15.2 Å². The van der Waals surface area contributed by atoms with E-state index in [9.17, 15) is 0 Å². The fourth-order valence-electron chi connectivity index (χ4n) is 1.23. The van der Waals surface area contributed by atoms with E-state index in [1.54, 1.807) is 0 Å². The van der Waals surface area contributed by atoms with Crippen LogP contribution in [0.1, 0.15) is 12.5 Å². The second-order valence-corrected chi connectivity index (χ2v) is 3.29. The van der Waals surface area contributed by atoms with E-state index in [1.807, 2.05) is 38.2 Å². The van der Waals surface area contributed by atoms with Crippen LogP contribution in [0.5, 0.6) is 5.75 Å². The minimum Gasteiger partial charge on any atom is -0.489 e. The third-order valence-electron chi connectivity index (χ3n) is 1.93. The summed E-state index contributed by atoms with van der Waals surface area (Å²) in [5.41, 5.74) is 0.901. The van der Waals surface area contributed by atoms with Crippen LogP contribution >= 0.6 is 0 Å². The van der Waals surface area contributed by atoms with Crippen molar-refractivity contribution in [2.75, 3.05) is 13.6 Å². The molecule has 0 bridgehead atoms. The Morgan fingerprint density at radius 2 is 2.00 bits per heavy atom. The van der Waals surface area contributed by atoms with Gasteiger partial charge in [0.05, 0.1) is 6.61 Å². The molecular weight excluding hydrogens is 178 g/mol. The molecule has 0 spiro atoms. The van der Waals surface area contributed by atoms with Gasteiger partial charge in [0.2, 0.25) is 0 Å². The first-order valence-corrected chi connectivity index (χ1v) is 4.77. The predicted molar refractivity (Wildman–Crippen MR) is 56.4 cm³/mol. The molecular formula is C11H17NO2. The molecule has 0 aliphatic rings. The Morgan fingerprint density at radius 3 is 2.50 bits per heavy atom. The predicted octanol–water partition coefficient (Wildman–Crippen LogP) is 1.17. The van der Waals surface area contributed by atoms with Gasteiger partial charge in [0, 0.05) is 6.54 Å². The number of aliphatic hydroxyl groups is 1. The number of hydrogen-bond donors (Lipinski definition) is 2. The second kappa shape index (κ2) is 5.62. The molecule has 0 heterocycles. The number of rotatable bonds is 5. The van der Waals surface area contributed by atoms with Crippen molar-refractivity contribution >= 4 is 0 Å². The molecule has 2 N–H and O–H groups in total. The lowest BCUT2D eigenvalue weighted by Crippen LogP contribution is -2.25. The Labute approximate surface area is 84.7 Å². The highest BCUT2D eigenvalue weighted by Crippen LogP contribution is 2.13. The molecule has 3 heteroatoms. The van der Waals surface area contributed by atoms with Gasteiger partial charge in [-0.05, 0) is 31.7 Å². The van der Waals surface area contributed by atoms with Crippen LogP contribution in [0.2, 0.25) is 0 Å². The maximum atomic E-state index is 8.84. The highest BCUT2D eigenvalue weighted by Gasteiger charge is 2.01. The number of aliphatic hydroxyl groups excluding tert-OH is 1. The van der Waals surface area contributed by atoms with E-state index in [2.05, 4.69) is 5.32 Å². The highest BCUT2D eigenvalue weighted by molar-refractivity contribution is 5.26. The first-order valence-electron chi connectivity index (χ1n) is 4.77. The number of hydrogen-bond acceptors (Lipinski definition) is 3. The van der Waals surface area contributed by atoms with Crippen LogP contribution in [-0.4, -0.2) is 24.8 Å². The first-order chi connectivity index (χ1) is 6.76. The van der Waals surface area contributed by atoms with Gasteiger partial charge in [0.15, 0.2) is 0 Å². The van der Waals surface area contributed by atoms with Gasteiger partial charge in [-0.1, -0.05) is 12.1 Å². The Kier molecular flexibility index (Phi) is 4.43. The number of likely N-dealkylation sites (N-methyl/N-ethyl adjacent to an activating group) is 1. The minimum atomic E-state index is 0.0757. The van der Waals surface area contributed by atoms with E-state index in [-0.39, 0.29) is 12.7 Å². The SMILES string of the molecule is CNCC(C)Oc1ccc(CO)cc1. The zero-order valence-corrected chi connectivity index (χ0v) is 8.66. The molecule has 0 saturated carbocycles. The van der Waals surface area contributed by atoms with Gasteiger partial charge in [-0.15, -0.1) is 0 Å². The summed E-state index contributed by atoms with van der Waals surface area (Å²) in [6.45, 7) is 2.91. The Hall–Kier alpha value is -1.06. The Balaban J connectivity index is 2.50. The molecule has 1 atom stereocenters. The molecule has 1 unspecified atom stereocenters. The molecule has 0 aliphatic carbocycles. The quantitative estimate of drug-likeness (QED) is 0.741. The fraction of sp³-hybridized carbons (Fsp3) is 0.455. The molecule has 78 valence electrons. The van der Waals surface area contributed by atoms with Crippen LogP contribution in [0.4, 0.5) is 0 Å². The third-order valence-corrected chi connectivity index (χ3v) is 1.93. The van der Waals surface area contributed by atoms with E-state index in [0.29, 0.717) is 0 Å². The van der Waals surface area contributed by atoms with Crippen molar-refractivity contribution in [3.8, 4) is 5.75 Å². The average Bonchev–Trinajstić information content (AvgIpc) is 2.19. The number of ether oxygens (including phenoxy) is 1. The highest BCUT2D eigenvalue weighted by atomic mass is 16.5. The van der Waals surface area contributed by atoms with Gasteiger partial charge in [-0.25, -0.2) is 0 Å². The molecule has 1 aromatic rings. The maximum absolute atomic E-state index is 8.84. The largest absolute Gasteiger partial charge is 0.489 e. The number of nitrogens with one attached hydrogen (secondary N) is 1. The van der Waals surface area contributed by atoms with Crippen molar-refractivity contribution in [1.82, 2.24) is 5.32 Å². The lowest BCUT2D eigenvalue weighted by molar-refractivity contribution is 0.220. The summed E-state index contributed by atoms with van der Waals surface area (Å²) in [6.07, 6.45) is 0.153. The Bertz CT molecular complexity index is 258. The molecule has 0 amide bonds. The van der Waals surface area contributed by atoms with Crippen LogP contribution in [-0.2, 0) is 6.61 Å². The molecule has 1 rings (SSSR count). The monoisotopic (exact) mass is 195 g/mol. The second-order valence-electron chi connectivity index (χ2n) is 3.29. The molecule has 14 heavy (non-hydrogen) atoms. The third kappa shape index (κ3) is 3.36. The minimum absolute atomic E-state index is 0.0757. The smallest absolute Gasteiger partial charge is 0.119 e. The zero-order valence-electron chi connectivity index (χ0n) is 8.66. The molecule has 0 fully saturated rings. The van der Waals surface area contributed by atoms with E-state index >= 15 is 0 Å². The summed E-state index contributed by atoms with van der Waals surface area (Å²) in [6, 6.07) is 7.47. The van der Waals surface area contributed by atoms with Gasteiger partial charge in [-0.3, -0.25) is 0 Å². The Morgan fingerprint density at radius 1 is 1.36 bits per heavy atom. The van der Waals surface area contributed by atoms with Gasteiger partial charge >= 0.3 is 0 Å². The van der Waals surface area contributed by atoms with Crippen LogP contribution in [0.3, 0.4) is 0 Å². The average molecular weight is 195 g/mol. The van der Waals surface area contributed by atoms with Crippen LogP contribution in [0.25, 0.3) is 0 Å². The van der Waals surface area contributed by atoms with E-state index < -0.39 is 0 Å². The van der Waals surface area contributed by atoms with Gasteiger partial charge in [-0.2, -0.15) is 0 Å². The summed E-state index contributed by atoms with van der Waals surface area (Å²) in [5, 5.41) is 11.9.